The molecule has 0 saturated heterocycles. The van der Waals surface area contributed by atoms with E-state index in [1.807, 2.05) is 43.3 Å². The van der Waals surface area contributed by atoms with E-state index in [-0.39, 0.29) is 24.3 Å². The van der Waals surface area contributed by atoms with Crippen LogP contribution in [0, 0.1) is 5.92 Å². The summed E-state index contributed by atoms with van der Waals surface area (Å²) >= 11 is 6.27. The van der Waals surface area contributed by atoms with Gasteiger partial charge < -0.3 is 9.64 Å². The zero-order valence-corrected chi connectivity index (χ0v) is 15.9. The summed E-state index contributed by atoms with van der Waals surface area (Å²) in [5.41, 5.74) is 1.43. The minimum atomic E-state index is -0.370. The van der Waals surface area contributed by atoms with E-state index in [9.17, 15) is 9.59 Å². The zero-order chi connectivity index (χ0) is 18.9. The van der Waals surface area contributed by atoms with Crippen molar-refractivity contribution in [3.63, 3.8) is 0 Å². The fourth-order valence-electron chi connectivity index (χ4n) is 2.71. The second kappa shape index (κ2) is 9.97. The van der Waals surface area contributed by atoms with Gasteiger partial charge in [-0.15, -0.1) is 0 Å². The van der Waals surface area contributed by atoms with Gasteiger partial charge in [0.25, 0.3) is 5.91 Å². The molecule has 138 valence electrons. The third-order valence-corrected chi connectivity index (χ3v) is 4.55. The van der Waals surface area contributed by atoms with Gasteiger partial charge in [-0.25, -0.2) is 0 Å². The smallest absolute Gasteiger partial charge is 0.310 e. The molecular weight excluding hydrogens is 350 g/mol. The SMILES string of the molecule is CCOC(=O)C(CC)CN(Cc1ccccc1Cl)C(=O)c1ccccc1. The van der Waals surface area contributed by atoms with Gasteiger partial charge in [-0.1, -0.05) is 54.9 Å². The van der Waals surface area contributed by atoms with E-state index >= 15 is 0 Å². The van der Waals surface area contributed by atoms with Crippen molar-refractivity contribution in [3.8, 4) is 0 Å². The lowest BCUT2D eigenvalue weighted by atomic mass is 10.0. The predicted octanol–water partition coefficient (Wildman–Crippen LogP) is 4.57. The van der Waals surface area contributed by atoms with Crippen LogP contribution in [0.1, 0.15) is 36.2 Å². The van der Waals surface area contributed by atoms with Crippen LogP contribution in [0.5, 0.6) is 0 Å². The quantitative estimate of drug-likeness (QED) is 0.636. The Morgan fingerprint density at radius 3 is 2.31 bits per heavy atom. The molecule has 0 radical (unpaired) electrons. The number of nitrogens with zero attached hydrogens (tertiary/aromatic N) is 1. The molecule has 1 atom stereocenters. The van der Waals surface area contributed by atoms with E-state index in [1.165, 1.54) is 0 Å². The maximum Gasteiger partial charge on any atom is 0.310 e. The molecule has 0 fully saturated rings. The average molecular weight is 374 g/mol. The van der Waals surface area contributed by atoms with E-state index in [1.54, 1.807) is 30.0 Å². The summed E-state index contributed by atoms with van der Waals surface area (Å²) in [6, 6.07) is 16.5. The second-order valence-electron chi connectivity index (χ2n) is 6.00. The molecule has 2 aromatic rings. The Balaban J connectivity index is 2.27. The fourth-order valence-corrected chi connectivity index (χ4v) is 2.91. The van der Waals surface area contributed by atoms with Gasteiger partial charge in [-0.3, -0.25) is 9.59 Å². The molecule has 2 rings (SSSR count). The van der Waals surface area contributed by atoms with Crippen LogP contribution in [0.15, 0.2) is 54.6 Å². The Labute approximate surface area is 159 Å². The first kappa shape index (κ1) is 20.0. The molecule has 4 nitrogen and oxygen atoms in total. The molecule has 0 bridgehead atoms. The molecule has 0 N–H and O–H groups in total. The van der Waals surface area contributed by atoms with E-state index < -0.39 is 0 Å². The van der Waals surface area contributed by atoms with Crippen LogP contribution in [-0.2, 0) is 16.1 Å². The Morgan fingerprint density at radius 1 is 1.04 bits per heavy atom. The lowest BCUT2D eigenvalue weighted by Gasteiger charge is -2.27. The highest BCUT2D eigenvalue weighted by molar-refractivity contribution is 6.31. The minimum Gasteiger partial charge on any atom is -0.466 e. The van der Waals surface area contributed by atoms with Crippen LogP contribution < -0.4 is 0 Å². The maximum atomic E-state index is 13.0. The van der Waals surface area contributed by atoms with Crippen molar-refractivity contribution in [2.75, 3.05) is 13.2 Å². The number of carbonyl (C=O) groups is 2. The molecule has 2 aromatic carbocycles. The molecule has 0 saturated carbocycles. The Kier molecular flexibility index (Phi) is 7.67. The maximum absolute atomic E-state index is 13.0. The van der Waals surface area contributed by atoms with Crippen molar-refractivity contribution in [1.82, 2.24) is 4.90 Å². The predicted molar refractivity (Wildman–Crippen MR) is 103 cm³/mol. The van der Waals surface area contributed by atoms with E-state index in [2.05, 4.69) is 0 Å². The number of hydrogen-bond acceptors (Lipinski definition) is 3. The molecular formula is C21H24ClNO3. The zero-order valence-electron chi connectivity index (χ0n) is 15.2. The van der Waals surface area contributed by atoms with Gasteiger partial charge >= 0.3 is 5.97 Å². The van der Waals surface area contributed by atoms with E-state index in [0.29, 0.717) is 30.2 Å². The minimum absolute atomic E-state index is 0.131. The van der Waals surface area contributed by atoms with Crippen molar-refractivity contribution in [1.29, 1.82) is 0 Å². The van der Waals surface area contributed by atoms with Gasteiger partial charge in [0, 0.05) is 23.7 Å². The first-order valence-electron chi connectivity index (χ1n) is 8.81. The van der Waals surface area contributed by atoms with Crippen molar-refractivity contribution < 1.29 is 14.3 Å². The number of esters is 1. The summed E-state index contributed by atoms with van der Waals surface area (Å²) in [6.07, 6.45) is 0.597. The normalized spacial score (nSPS) is 11.7. The lowest BCUT2D eigenvalue weighted by molar-refractivity contribution is -0.148. The topological polar surface area (TPSA) is 46.6 Å². The van der Waals surface area contributed by atoms with Gasteiger partial charge in [0.1, 0.15) is 0 Å². The highest BCUT2D eigenvalue weighted by Gasteiger charge is 2.25. The molecule has 0 aliphatic heterocycles. The first-order chi connectivity index (χ1) is 12.6. The van der Waals surface area contributed by atoms with Crippen molar-refractivity contribution in [3.05, 3.63) is 70.7 Å². The molecule has 0 spiro atoms. The first-order valence-corrected chi connectivity index (χ1v) is 9.19. The van der Waals surface area contributed by atoms with Gasteiger partial charge in [0.05, 0.1) is 12.5 Å². The number of hydrogen-bond donors (Lipinski definition) is 0. The number of ether oxygens (including phenoxy) is 1. The van der Waals surface area contributed by atoms with Crippen molar-refractivity contribution >= 4 is 23.5 Å². The molecule has 1 unspecified atom stereocenters. The van der Waals surface area contributed by atoms with Crippen LogP contribution in [0.2, 0.25) is 5.02 Å². The van der Waals surface area contributed by atoms with Crippen LogP contribution in [0.3, 0.4) is 0 Å². The summed E-state index contributed by atoms with van der Waals surface area (Å²) in [5.74, 6) is -0.779. The highest BCUT2D eigenvalue weighted by atomic mass is 35.5. The third kappa shape index (κ3) is 5.33. The Morgan fingerprint density at radius 2 is 1.69 bits per heavy atom. The highest BCUT2D eigenvalue weighted by Crippen LogP contribution is 2.20. The van der Waals surface area contributed by atoms with Crippen LogP contribution in [-0.4, -0.2) is 29.9 Å². The van der Waals surface area contributed by atoms with Crippen LogP contribution in [0.25, 0.3) is 0 Å². The molecule has 5 heteroatoms. The van der Waals surface area contributed by atoms with Gasteiger partial charge in [-0.2, -0.15) is 0 Å². The molecule has 0 aromatic heterocycles. The number of benzene rings is 2. The number of carbonyl (C=O) groups excluding carboxylic acids is 2. The average Bonchev–Trinajstić information content (AvgIpc) is 2.66. The largest absolute Gasteiger partial charge is 0.466 e. The summed E-state index contributed by atoms with van der Waals surface area (Å²) in [7, 11) is 0. The summed E-state index contributed by atoms with van der Waals surface area (Å²) in [6.45, 7) is 4.65. The second-order valence-corrected chi connectivity index (χ2v) is 6.41. The summed E-state index contributed by atoms with van der Waals surface area (Å²) in [4.78, 5) is 26.9. The Hall–Kier alpha value is -2.33. The lowest BCUT2D eigenvalue weighted by Crippen LogP contribution is -2.38. The van der Waals surface area contributed by atoms with E-state index in [4.69, 9.17) is 16.3 Å². The standard InChI is InChI=1S/C21H24ClNO3/c1-3-16(21(25)26-4-2)14-23(15-18-12-8-9-13-19(18)22)20(24)17-10-6-5-7-11-17/h5-13,16H,3-4,14-15H2,1-2H3. The summed E-state index contributed by atoms with van der Waals surface area (Å²) in [5, 5.41) is 0.600. The van der Waals surface area contributed by atoms with Crippen molar-refractivity contribution in [2.24, 2.45) is 5.92 Å². The number of rotatable bonds is 8. The van der Waals surface area contributed by atoms with Crippen molar-refractivity contribution in [2.45, 2.75) is 26.8 Å². The molecule has 0 aliphatic carbocycles. The number of amides is 1. The number of halogens is 1. The Bertz CT molecular complexity index is 733. The van der Waals surface area contributed by atoms with Crippen LogP contribution in [0.4, 0.5) is 0 Å². The van der Waals surface area contributed by atoms with E-state index in [0.717, 1.165) is 5.56 Å². The van der Waals surface area contributed by atoms with Gasteiger partial charge in [-0.05, 0) is 37.1 Å². The monoisotopic (exact) mass is 373 g/mol. The fraction of sp³-hybridized carbons (Fsp3) is 0.333. The van der Waals surface area contributed by atoms with Crippen LogP contribution >= 0.6 is 11.6 Å². The molecule has 1 amide bonds. The molecule has 0 heterocycles. The summed E-state index contributed by atoms with van der Waals surface area (Å²) < 4.78 is 5.15. The van der Waals surface area contributed by atoms with Gasteiger partial charge in [0.15, 0.2) is 0 Å². The van der Waals surface area contributed by atoms with Gasteiger partial charge in [0.2, 0.25) is 0 Å². The molecule has 26 heavy (non-hydrogen) atoms. The molecule has 0 aliphatic rings. The third-order valence-electron chi connectivity index (χ3n) is 4.18.